The number of ether oxygens (including phenoxy) is 2. The van der Waals surface area contributed by atoms with Gasteiger partial charge in [0.25, 0.3) is 0 Å². The summed E-state index contributed by atoms with van der Waals surface area (Å²) in [6, 6.07) is 8.88. The van der Waals surface area contributed by atoms with Gasteiger partial charge in [-0.25, -0.2) is 4.68 Å². The Hall–Kier alpha value is -2.22. The highest BCUT2D eigenvalue weighted by Crippen LogP contribution is 2.38. The molecule has 0 spiro atoms. The highest BCUT2D eigenvalue weighted by atomic mass is 35.5. The quantitative estimate of drug-likeness (QED) is 0.602. The van der Waals surface area contributed by atoms with Crippen molar-refractivity contribution in [3.63, 3.8) is 0 Å². The number of anilines is 1. The van der Waals surface area contributed by atoms with Gasteiger partial charge >= 0.3 is 0 Å². The van der Waals surface area contributed by atoms with Crippen molar-refractivity contribution in [1.82, 2.24) is 20.2 Å². The summed E-state index contributed by atoms with van der Waals surface area (Å²) < 4.78 is 12.8. The summed E-state index contributed by atoms with van der Waals surface area (Å²) in [6.45, 7) is 0.623. The van der Waals surface area contributed by atoms with Crippen LogP contribution in [-0.4, -0.2) is 27.3 Å². The first-order valence-corrected chi connectivity index (χ1v) is 9.01. The smallest absolute Gasteiger partial charge is 0.242 e. The van der Waals surface area contributed by atoms with Crippen molar-refractivity contribution in [3.05, 3.63) is 56.5 Å². The average molecular weight is 429 g/mol. The van der Waals surface area contributed by atoms with Gasteiger partial charge in [-0.05, 0) is 40.3 Å². The van der Waals surface area contributed by atoms with Crippen molar-refractivity contribution in [2.45, 2.75) is 13.2 Å². The van der Waals surface area contributed by atoms with Gasteiger partial charge in [-0.3, -0.25) is 0 Å². The van der Waals surface area contributed by atoms with E-state index in [4.69, 9.17) is 44.3 Å². The first-order valence-electron chi connectivity index (χ1n) is 7.88. The Kier molecular flexibility index (Phi) is 6.26. The number of halogens is 3. The monoisotopic (exact) mass is 427 g/mol. The number of nitrogens with zero attached hydrogens (tertiary/aromatic N) is 4. The number of aryl methyl sites for hydroxylation is 1. The van der Waals surface area contributed by atoms with Crippen LogP contribution in [0.1, 0.15) is 11.1 Å². The predicted molar refractivity (Wildman–Crippen MR) is 105 cm³/mol. The number of benzene rings is 2. The molecule has 0 aliphatic heterocycles. The van der Waals surface area contributed by atoms with Gasteiger partial charge in [-0.2, -0.15) is 0 Å². The van der Waals surface area contributed by atoms with Gasteiger partial charge in [-0.15, -0.1) is 0 Å². The van der Waals surface area contributed by atoms with Crippen molar-refractivity contribution in [2.24, 2.45) is 7.05 Å². The first kappa shape index (κ1) is 19.5. The topological polar surface area (TPSA) is 74.1 Å². The molecule has 0 unspecified atom stereocenters. The van der Waals surface area contributed by atoms with Gasteiger partial charge in [-0.1, -0.05) is 46.0 Å². The van der Waals surface area contributed by atoms with E-state index in [0.717, 1.165) is 5.56 Å². The third-order valence-electron chi connectivity index (χ3n) is 3.78. The summed E-state index contributed by atoms with van der Waals surface area (Å²) in [5, 5.41) is 15.8. The van der Waals surface area contributed by atoms with E-state index >= 15 is 0 Å². The number of aromatic nitrogens is 4. The van der Waals surface area contributed by atoms with E-state index in [2.05, 4.69) is 20.8 Å². The van der Waals surface area contributed by atoms with E-state index in [1.807, 2.05) is 6.07 Å². The van der Waals surface area contributed by atoms with Crippen molar-refractivity contribution in [1.29, 1.82) is 0 Å². The third-order valence-corrected chi connectivity index (χ3v) is 4.77. The normalized spacial score (nSPS) is 10.7. The van der Waals surface area contributed by atoms with Crippen LogP contribution in [0.2, 0.25) is 15.1 Å². The molecule has 0 radical (unpaired) electrons. The maximum absolute atomic E-state index is 6.41. The van der Waals surface area contributed by atoms with Gasteiger partial charge in [0.2, 0.25) is 5.95 Å². The second-order valence-electron chi connectivity index (χ2n) is 5.58. The van der Waals surface area contributed by atoms with Crippen LogP contribution in [-0.2, 0) is 20.2 Å². The highest BCUT2D eigenvalue weighted by molar-refractivity contribution is 6.36. The fourth-order valence-corrected chi connectivity index (χ4v) is 3.18. The molecule has 1 N–H and O–H groups in total. The van der Waals surface area contributed by atoms with E-state index in [9.17, 15) is 0 Å². The zero-order valence-electron chi connectivity index (χ0n) is 14.5. The molecule has 7 nitrogen and oxygen atoms in total. The summed E-state index contributed by atoms with van der Waals surface area (Å²) in [4.78, 5) is 0. The van der Waals surface area contributed by atoms with Crippen LogP contribution < -0.4 is 14.8 Å². The van der Waals surface area contributed by atoms with Crippen LogP contribution in [0.25, 0.3) is 0 Å². The Labute approximate surface area is 171 Å². The predicted octanol–water partition coefficient (Wildman–Crippen LogP) is 4.37. The number of nitrogens with one attached hydrogen (secondary N) is 1. The maximum atomic E-state index is 6.41. The Balaban J connectivity index is 1.77. The Bertz CT molecular complexity index is 928. The summed E-state index contributed by atoms with van der Waals surface area (Å²) >= 11 is 18.8. The lowest BCUT2D eigenvalue weighted by molar-refractivity contribution is 0.284. The van der Waals surface area contributed by atoms with Crippen LogP contribution in [0.15, 0.2) is 30.3 Å². The van der Waals surface area contributed by atoms with Gasteiger partial charge in [0.05, 0.1) is 12.1 Å². The lowest BCUT2D eigenvalue weighted by atomic mass is 10.2. The van der Waals surface area contributed by atoms with Crippen LogP contribution in [0.5, 0.6) is 11.5 Å². The van der Waals surface area contributed by atoms with E-state index in [0.29, 0.717) is 44.6 Å². The molecule has 0 aliphatic rings. The zero-order valence-corrected chi connectivity index (χ0v) is 16.8. The fourth-order valence-electron chi connectivity index (χ4n) is 2.39. The Morgan fingerprint density at radius 3 is 2.48 bits per heavy atom. The van der Waals surface area contributed by atoms with Gasteiger partial charge in [0, 0.05) is 29.2 Å². The molecular weight excluding hydrogens is 413 g/mol. The molecule has 2 aromatic carbocycles. The summed E-state index contributed by atoms with van der Waals surface area (Å²) in [7, 11) is 3.29. The molecule has 0 amide bonds. The van der Waals surface area contributed by atoms with Crippen molar-refractivity contribution in [3.8, 4) is 11.5 Å². The number of tetrazole rings is 1. The molecule has 0 saturated heterocycles. The molecular formula is C17H16Cl3N5O2. The zero-order chi connectivity index (χ0) is 19.4. The Morgan fingerprint density at radius 1 is 1.11 bits per heavy atom. The third kappa shape index (κ3) is 4.55. The minimum atomic E-state index is 0.163. The molecule has 3 rings (SSSR count). The first-order chi connectivity index (χ1) is 13.0. The molecule has 10 heteroatoms. The number of rotatable bonds is 7. The van der Waals surface area contributed by atoms with Crippen LogP contribution >= 0.6 is 34.8 Å². The van der Waals surface area contributed by atoms with Crippen molar-refractivity contribution >= 4 is 40.8 Å². The van der Waals surface area contributed by atoms with Crippen molar-refractivity contribution < 1.29 is 9.47 Å². The van der Waals surface area contributed by atoms with Crippen LogP contribution in [0, 0.1) is 0 Å². The number of methoxy groups -OCH3 is 1. The second-order valence-corrected chi connectivity index (χ2v) is 6.80. The van der Waals surface area contributed by atoms with E-state index in [-0.39, 0.29) is 6.61 Å². The van der Waals surface area contributed by atoms with Gasteiger partial charge in [0.15, 0.2) is 11.5 Å². The molecule has 142 valence electrons. The van der Waals surface area contributed by atoms with E-state index < -0.39 is 0 Å². The maximum Gasteiger partial charge on any atom is 0.242 e. The summed E-state index contributed by atoms with van der Waals surface area (Å²) in [5.74, 6) is 1.46. The van der Waals surface area contributed by atoms with Gasteiger partial charge < -0.3 is 14.8 Å². The van der Waals surface area contributed by atoms with Gasteiger partial charge in [0.1, 0.15) is 6.61 Å². The lowest BCUT2D eigenvalue weighted by Crippen LogP contribution is -2.06. The second kappa shape index (κ2) is 8.65. The minimum Gasteiger partial charge on any atom is -0.493 e. The largest absolute Gasteiger partial charge is 0.493 e. The molecule has 0 aliphatic carbocycles. The molecule has 0 atom stereocenters. The number of hydrogen-bond acceptors (Lipinski definition) is 6. The number of hydrogen-bond donors (Lipinski definition) is 1. The minimum absolute atomic E-state index is 0.163. The summed E-state index contributed by atoms with van der Waals surface area (Å²) in [5.41, 5.74) is 1.56. The standard InChI is InChI=1S/C17H16Cl3N5O2/c1-25-17(22-23-24-25)21-8-10-6-14(20)16(15(7-10)26-2)27-9-11-12(18)4-3-5-13(11)19/h3-7H,8-9H2,1-2H3,(H,21,22,24). The fraction of sp³-hybridized carbons (Fsp3) is 0.235. The molecule has 3 aromatic rings. The van der Waals surface area contributed by atoms with Crippen LogP contribution in [0.4, 0.5) is 5.95 Å². The lowest BCUT2D eigenvalue weighted by Gasteiger charge is -2.15. The molecule has 1 aromatic heterocycles. The Morgan fingerprint density at radius 2 is 1.85 bits per heavy atom. The highest BCUT2D eigenvalue weighted by Gasteiger charge is 2.15. The molecule has 27 heavy (non-hydrogen) atoms. The molecule has 1 heterocycles. The van der Waals surface area contributed by atoms with Crippen molar-refractivity contribution in [2.75, 3.05) is 12.4 Å². The van der Waals surface area contributed by atoms with E-state index in [1.165, 1.54) is 4.68 Å². The molecule has 0 bridgehead atoms. The molecule has 0 fully saturated rings. The average Bonchev–Trinajstić information content (AvgIpc) is 3.05. The summed E-state index contributed by atoms with van der Waals surface area (Å²) in [6.07, 6.45) is 0. The molecule has 0 saturated carbocycles. The van der Waals surface area contributed by atoms with E-state index in [1.54, 1.807) is 38.4 Å². The SMILES string of the molecule is COc1cc(CNc2nnnn2C)cc(Cl)c1OCc1c(Cl)cccc1Cl. The van der Waals surface area contributed by atoms with Crippen LogP contribution in [0.3, 0.4) is 0 Å².